The lowest BCUT2D eigenvalue weighted by Gasteiger charge is -2.33. The van der Waals surface area contributed by atoms with E-state index in [-0.39, 0.29) is 12.6 Å². The molecule has 21 heavy (non-hydrogen) atoms. The average molecular weight is 312 g/mol. The van der Waals surface area contributed by atoms with Gasteiger partial charge in [0.15, 0.2) is 0 Å². The highest BCUT2D eigenvalue weighted by atomic mass is 35.5. The number of carboxylic acids is 1. The molecule has 0 aromatic heterocycles. The highest BCUT2D eigenvalue weighted by Gasteiger charge is 2.22. The Labute approximate surface area is 128 Å². The minimum Gasteiger partial charge on any atom is -0.480 e. The number of carboxylic acid groups (broad SMARTS) is 1. The fraction of sp³-hybridized carbons (Fsp3) is 0.429. The summed E-state index contributed by atoms with van der Waals surface area (Å²) in [5.74, 6) is -0.848. The van der Waals surface area contributed by atoms with Crippen LogP contribution in [0.4, 0.5) is 10.5 Å². The van der Waals surface area contributed by atoms with E-state index in [0.717, 1.165) is 5.56 Å². The monoisotopic (exact) mass is 311 g/mol. The molecule has 114 valence electrons. The second-order valence-corrected chi connectivity index (χ2v) is 5.43. The molecule has 0 spiro atoms. The van der Waals surface area contributed by atoms with Crippen LogP contribution in [0.2, 0.25) is 5.02 Å². The number of carbonyl (C=O) groups is 2. The number of halogens is 1. The quantitative estimate of drug-likeness (QED) is 0.894. The number of piperazine rings is 1. The average Bonchev–Trinajstić information content (AvgIpc) is 2.43. The first-order valence-corrected chi connectivity index (χ1v) is 7.10. The third-order valence-electron chi connectivity index (χ3n) is 3.47. The smallest absolute Gasteiger partial charge is 0.321 e. The number of nitrogens with zero attached hydrogens (tertiary/aromatic N) is 2. The number of hydrogen-bond acceptors (Lipinski definition) is 3. The Bertz CT molecular complexity index is 522. The third kappa shape index (κ3) is 4.09. The summed E-state index contributed by atoms with van der Waals surface area (Å²) in [5.41, 5.74) is 1.53. The molecule has 7 heteroatoms. The summed E-state index contributed by atoms with van der Waals surface area (Å²) in [5, 5.41) is 12.1. The Hall–Kier alpha value is -1.79. The van der Waals surface area contributed by atoms with Gasteiger partial charge >= 0.3 is 12.0 Å². The van der Waals surface area contributed by atoms with E-state index in [0.29, 0.717) is 36.9 Å². The van der Waals surface area contributed by atoms with Gasteiger partial charge in [-0.2, -0.15) is 0 Å². The molecular weight excluding hydrogens is 294 g/mol. The van der Waals surface area contributed by atoms with Crippen molar-refractivity contribution in [2.24, 2.45) is 0 Å². The number of rotatable bonds is 3. The summed E-state index contributed by atoms with van der Waals surface area (Å²) in [6, 6.07) is 5.24. The van der Waals surface area contributed by atoms with Crippen LogP contribution in [0.15, 0.2) is 18.2 Å². The summed E-state index contributed by atoms with van der Waals surface area (Å²) < 4.78 is 0. The minimum absolute atomic E-state index is 0.0130. The number of aryl methyl sites for hydroxylation is 1. The molecule has 1 fully saturated rings. The number of carbonyl (C=O) groups excluding carboxylic acids is 1. The van der Waals surface area contributed by atoms with Gasteiger partial charge in [0.1, 0.15) is 0 Å². The molecule has 0 atom stereocenters. The number of amides is 2. The number of anilines is 1. The lowest BCUT2D eigenvalue weighted by Crippen LogP contribution is -2.51. The van der Waals surface area contributed by atoms with Crippen LogP contribution in [-0.4, -0.2) is 59.6 Å². The van der Waals surface area contributed by atoms with Crippen molar-refractivity contribution in [2.45, 2.75) is 6.92 Å². The Balaban J connectivity index is 1.92. The van der Waals surface area contributed by atoms with E-state index >= 15 is 0 Å². The minimum atomic E-state index is -0.848. The molecule has 1 aliphatic rings. The van der Waals surface area contributed by atoms with E-state index < -0.39 is 5.97 Å². The molecule has 2 amide bonds. The number of benzene rings is 1. The van der Waals surface area contributed by atoms with E-state index in [1.165, 1.54) is 0 Å². The van der Waals surface area contributed by atoms with E-state index in [1.54, 1.807) is 11.0 Å². The Morgan fingerprint density at radius 3 is 2.52 bits per heavy atom. The second-order valence-electron chi connectivity index (χ2n) is 5.02. The Morgan fingerprint density at radius 1 is 1.29 bits per heavy atom. The first kappa shape index (κ1) is 15.6. The number of nitrogens with one attached hydrogen (secondary N) is 1. The van der Waals surface area contributed by atoms with E-state index in [1.807, 2.05) is 24.0 Å². The molecule has 0 aliphatic carbocycles. The number of para-hydroxylation sites is 1. The molecule has 1 aromatic rings. The van der Waals surface area contributed by atoms with Crippen molar-refractivity contribution < 1.29 is 14.7 Å². The number of aliphatic carboxylic acids is 1. The van der Waals surface area contributed by atoms with Gasteiger partial charge in [0.25, 0.3) is 0 Å². The van der Waals surface area contributed by atoms with E-state index in [2.05, 4.69) is 5.32 Å². The first-order chi connectivity index (χ1) is 9.97. The molecule has 1 aromatic carbocycles. The van der Waals surface area contributed by atoms with Gasteiger partial charge in [0, 0.05) is 26.2 Å². The summed E-state index contributed by atoms with van der Waals surface area (Å²) >= 11 is 6.09. The molecule has 1 saturated heterocycles. The molecule has 6 nitrogen and oxygen atoms in total. The van der Waals surface area contributed by atoms with Crippen LogP contribution in [0, 0.1) is 6.92 Å². The molecule has 0 saturated carbocycles. The zero-order valence-corrected chi connectivity index (χ0v) is 12.6. The molecule has 1 aliphatic heterocycles. The molecule has 0 unspecified atom stereocenters. The highest BCUT2D eigenvalue weighted by Crippen LogP contribution is 2.25. The third-order valence-corrected chi connectivity index (χ3v) is 3.79. The predicted octanol–water partition coefficient (Wildman–Crippen LogP) is 1.88. The van der Waals surface area contributed by atoms with Gasteiger partial charge in [0.2, 0.25) is 0 Å². The zero-order chi connectivity index (χ0) is 15.4. The maximum absolute atomic E-state index is 12.2. The fourth-order valence-electron chi connectivity index (χ4n) is 2.28. The SMILES string of the molecule is Cc1cccc(Cl)c1NC(=O)N1CCN(CC(=O)O)CC1. The van der Waals surface area contributed by atoms with Crippen LogP contribution in [-0.2, 0) is 4.79 Å². The number of urea groups is 1. The lowest BCUT2D eigenvalue weighted by atomic mass is 10.2. The largest absolute Gasteiger partial charge is 0.480 e. The maximum Gasteiger partial charge on any atom is 0.321 e. The fourth-order valence-corrected chi connectivity index (χ4v) is 2.55. The normalized spacial score (nSPS) is 15.8. The summed E-state index contributed by atoms with van der Waals surface area (Å²) in [7, 11) is 0. The van der Waals surface area contributed by atoms with Crippen LogP contribution >= 0.6 is 11.6 Å². The van der Waals surface area contributed by atoms with Gasteiger partial charge in [-0.1, -0.05) is 23.7 Å². The van der Waals surface area contributed by atoms with E-state index in [9.17, 15) is 9.59 Å². The standard InChI is InChI=1S/C14H18ClN3O3/c1-10-3-2-4-11(15)13(10)16-14(21)18-7-5-17(6-8-18)9-12(19)20/h2-4H,5-9H2,1H3,(H,16,21)(H,19,20). The maximum atomic E-state index is 12.2. The Morgan fingerprint density at radius 2 is 1.95 bits per heavy atom. The van der Waals surface area contributed by atoms with Crippen molar-refractivity contribution in [3.63, 3.8) is 0 Å². The van der Waals surface area contributed by atoms with Crippen molar-refractivity contribution in [3.05, 3.63) is 28.8 Å². The number of hydrogen-bond donors (Lipinski definition) is 2. The molecule has 0 radical (unpaired) electrons. The lowest BCUT2D eigenvalue weighted by molar-refractivity contribution is -0.138. The second kappa shape index (κ2) is 6.78. The van der Waals surface area contributed by atoms with Crippen molar-refractivity contribution in [3.8, 4) is 0 Å². The van der Waals surface area contributed by atoms with Crippen molar-refractivity contribution in [1.29, 1.82) is 0 Å². The molecule has 1 heterocycles. The van der Waals surface area contributed by atoms with Crippen LogP contribution in [0.3, 0.4) is 0 Å². The van der Waals surface area contributed by atoms with Gasteiger partial charge in [-0.05, 0) is 18.6 Å². The molecular formula is C14H18ClN3O3. The van der Waals surface area contributed by atoms with Gasteiger partial charge in [-0.3, -0.25) is 9.69 Å². The van der Waals surface area contributed by atoms with Crippen molar-refractivity contribution >= 4 is 29.3 Å². The molecule has 2 N–H and O–H groups in total. The van der Waals surface area contributed by atoms with Crippen LogP contribution in [0.25, 0.3) is 0 Å². The van der Waals surface area contributed by atoms with Gasteiger partial charge in [-0.25, -0.2) is 4.79 Å². The summed E-state index contributed by atoms with van der Waals surface area (Å²) in [6.45, 7) is 4.01. The Kier molecular flexibility index (Phi) is 5.03. The summed E-state index contributed by atoms with van der Waals surface area (Å²) in [6.07, 6.45) is 0. The van der Waals surface area contributed by atoms with Gasteiger partial charge in [-0.15, -0.1) is 0 Å². The highest BCUT2D eigenvalue weighted by molar-refractivity contribution is 6.33. The topological polar surface area (TPSA) is 72.9 Å². The zero-order valence-electron chi connectivity index (χ0n) is 11.8. The van der Waals surface area contributed by atoms with Crippen LogP contribution in [0.5, 0.6) is 0 Å². The molecule has 2 rings (SSSR count). The van der Waals surface area contributed by atoms with Crippen LogP contribution < -0.4 is 5.32 Å². The van der Waals surface area contributed by atoms with Crippen molar-refractivity contribution in [2.75, 3.05) is 38.0 Å². The van der Waals surface area contributed by atoms with Gasteiger partial charge < -0.3 is 15.3 Å². The van der Waals surface area contributed by atoms with Gasteiger partial charge in [0.05, 0.1) is 17.3 Å². The summed E-state index contributed by atoms with van der Waals surface area (Å²) in [4.78, 5) is 26.4. The molecule has 0 bridgehead atoms. The first-order valence-electron chi connectivity index (χ1n) is 6.72. The van der Waals surface area contributed by atoms with Crippen molar-refractivity contribution in [1.82, 2.24) is 9.80 Å². The predicted molar refractivity (Wildman–Crippen MR) is 80.9 cm³/mol. The van der Waals surface area contributed by atoms with E-state index in [4.69, 9.17) is 16.7 Å². The van der Waals surface area contributed by atoms with Crippen LogP contribution in [0.1, 0.15) is 5.56 Å².